The molecule has 10 aromatic rings. The highest BCUT2D eigenvalue weighted by Crippen LogP contribution is 2.54. The van der Waals surface area contributed by atoms with Crippen LogP contribution < -0.4 is 20.6 Å². The molecular weight excluding hydrogens is 760 g/mol. The smallest absolute Gasteiger partial charge is 0.333 e. The molecule has 0 unspecified atom stereocenters. The van der Waals surface area contributed by atoms with E-state index in [4.69, 9.17) is 4.42 Å². The summed E-state index contributed by atoms with van der Waals surface area (Å²) in [5, 5.41) is 4.89. The number of furan rings is 1. The third-order valence-electron chi connectivity index (χ3n) is 13.2. The van der Waals surface area contributed by atoms with Crippen molar-refractivity contribution < 1.29 is 4.42 Å². The van der Waals surface area contributed by atoms with E-state index in [1.807, 2.05) is 11.3 Å². The van der Waals surface area contributed by atoms with Gasteiger partial charge in [0.05, 0.1) is 11.4 Å². The molecule has 12 rings (SSSR count). The summed E-state index contributed by atoms with van der Waals surface area (Å²) < 4.78 is 9.63. The summed E-state index contributed by atoms with van der Waals surface area (Å²) in [6.07, 6.45) is 6.85. The Morgan fingerprint density at radius 2 is 1.28 bits per heavy atom. The van der Waals surface area contributed by atoms with E-state index in [9.17, 15) is 0 Å². The number of nitrogens with zero attached hydrogens (tertiary/aromatic N) is 2. The summed E-state index contributed by atoms with van der Waals surface area (Å²) in [7, 11) is 0. The van der Waals surface area contributed by atoms with E-state index in [2.05, 4.69) is 187 Å². The number of aryl methyl sites for hydroxylation is 2. The minimum Gasteiger partial charge on any atom is -0.455 e. The largest absolute Gasteiger partial charge is 0.455 e. The molecule has 61 heavy (non-hydrogen) atoms. The number of unbranched alkanes of at least 4 members (excludes halogenated alkanes) is 2. The molecule has 0 bridgehead atoms. The SMILES string of the molecule is CCCCc1ccc(N2B3c4ccc5sc6ccccc6c5c4N(c4ccc(CCCC)cc4-c4ccccc4)c4cc5c(oc6ccccc65)c(c43)-c3ccccc32)cc1. The molecule has 0 saturated carbocycles. The molecule has 0 saturated heterocycles. The van der Waals surface area contributed by atoms with E-state index in [1.54, 1.807) is 0 Å². The second-order valence-corrected chi connectivity index (χ2v) is 17.9. The molecule has 294 valence electrons. The molecule has 4 heterocycles. The Hall–Kier alpha value is -6.56. The lowest BCUT2D eigenvalue weighted by Crippen LogP contribution is -2.61. The van der Waals surface area contributed by atoms with Crippen LogP contribution in [0.5, 0.6) is 0 Å². The van der Waals surface area contributed by atoms with Crippen LogP contribution in [0, 0.1) is 0 Å². The van der Waals surface area contributed by atoms with Crippen molar-refractivity contribution in [1.82, 2.24) is 0 Å². The predicted molar refractivity (Wildman–Crippen MR) is 263 cm³/mol. The Bertz CT molecular complexity index is 3310. The number of para-hydroxylation sites is 2. The van der Waals surface area contributed by atoms with Crippen LogP contribution in [-0.4, -0.2) is 6.85 Å². The van der Waals surface area contributed by atoms with Gasteiger partial charge in [-0.2, -0.15) is 0 Å². The highest BCUT2D eigenvalue weighted by atomic mass is 32.1. The van der Waals surface area contributed by atoms with E-state index in [1.165, 1.54) is 106 Å². The minimum absolute atomic E-state index is 0.127. The number of rotatable bonds is 9. The van der Waals surface area contributed by atoms with Gasteiger partial charge in [-0.3, -0.25) is 0 Å². The van der Waals surface area contributed by atoms with Gasteiger partial charge in [-0.25, -0.2) is 0 Å². The van der Waals surface area contributed by atoms with Gasteiger partial charge < -0.3 is 14.1 Å². The van der Waals surface area contributed by atoms with Gasteiger partial charge in [0.25, 0.3) is 0 Å². The average Bonchev–Trinajstić information content (AvgIpc) is 3.89. The number of thiophene rings is 1. The second-order valence-electron chi connectivity index (χ2n) is 16.9. The third-order valence-corrected chi connectivity index (χ3v) is 14.3. The fourth-order valence-electron chi connectivity index (χ4n) is 10.3. The molecule has 0 spiro atoms. The van der Waals surface area contributed by atoms with Crippen molar-refractivity contribution in [3.63, 3.8) is 0 Å². The van der Waals surface area contributed by atoms with Gasteiger partial charge >= 0.3 is 6.85 Å². The summed E-state index contributed by atoms with van der Waals surface area (Å²) in [4.78, 5) is 5.28. The van der Waals surface area contributed by atoms with Crippen LogP contribution in [0.2, 0.25) is 0 Å². The van der Waals surface area contributed by atoms with Crippen molar-refractivity contribution in [2.45, 2.75) is 52.4 Å². The third kappa shape index (κ3) is 5.63. The monoisotopic (exact) mass is 804 g/mol. The zero-order valence-electron chi connectivity index (χ0n) is 34.6. The van der Waals surface area contributed by atoms with Crippen molar-refractivity contribution in [3.8, 4) is 22.3 Å². The van der Waals surface area contributed by atoms with Crippen molar-refractivity contribution in [3.05, 3.63) is 175 Å². The molecule has 0 aliphatic carbocycles. The summed E-state index contributed by atoms with van der Waals surface area (Å²) in [6, 6.07) is 61.6. The number of anilines is 5. The van der Waals surface area contributed by atoms with Gasteiger partial charge in [-0.05, 0) is 108 Å². The molecule has 5 heteroatoms. The fraction of sp³-hybridized carbons (Fsp3) is 0.143. The highest BCUT2D eigenvalue weighted by Gasteiger charge is 2.47. The number of hydrogen-bond acceptors (Lipinski definition) is 4. The van der Waals surface area contributed by atoms with Crippen molar-refractivity contribution in [2.75, 3.05) is 9.71 Å². The molecule has 2 aliphatic heterocycles. The lowest BCUT2D eigenvalue weighted by Gasteiger charge is -2.46. The quantitative estimate of drug-likeness (QED) is 0.136. The van der Waals surface area contributed by atoms with E-state index in [0.29, 0.717) is 0 Å². The second kappa shape index (κ2) is 14.6. The van der Waals surface area contributed by atoms with Crippen molar-refractivity contribution in [2.24, 2.45) is 0 Å². The first-order valence-corrected chi connectivity index (χ1v) is 22.9. The average molecular weight is 805 g/mol. The Morgan fingerprint density at radius 3 is 2.11 bits per heavy atom. The number of benzene rings is 8. The summed E-state index contributed by atoms with van der Waals surface area (Å²) in [6.45, 7) is 4.43. The molecule has 0 N–H and O–H groups in total. The Labute approximate surface area is 361 Å². The van der Waals surface area contributed by atoms with Gasteiger partial charge in [0.15, 0.2) is 0 Å². The molecule has 0 amide bonds. The van der Waals surface area contributed by atoms with Crippen LogP contribution in [0.25, 0.3) is 64.4 Å². The van der Waals surface area contributed by atoms with E-state index >= 15 is 0 Å². The topological polar surface area (TPSA) is 19.6 Å². The van der Waals surface area contributed by atoms with Crippen molar-refractivity contribution in [1.29, 1.82) is 0 Å². The van der Waals surface area contributed by atoms with E-state index < -0.39 is 0 Å². The first-order valence-electron chi connectivity index (χ1n) is 22.1. The van der Waals surface area contributed by atoms with Crippen LogP contribution in [0.3, 0.4) is 0 Å². The van der Waals surface area contributed by atoms with Crippen LogP contribution in [0.15, 0.2) is 168 Å². The van der Waals surface area contributed by atoms with Gasteiger partial charge in [0.2, 0.25) is 0 Å². The maximum Gasteiger partial charge on any atom is 0.333 e. The Balaban J connectivity index is 1.25. The fourth-order valence-corrected chi connectivity index (χ4v) is 11.5. The summed E-state index contributed by atoms with van der Waals surface area (Å²) >= 11 is 1.90. The normalized spacial score (nSPS) is 13.0. The van der Waals surface area contributed by atoms with Gasteiger partial charge in [0.1, 0.15) is 11.2 Å². The van der Waals surface area contributed by atoms with Crippen LogP contribution in [-0.2, 0) is 12.8 Å². The Kier molecular flexibility index (Phi) is 8.67. The van der Waals surface area contributed by atoms with Gasteiger partial charge in [-0.1, -0.05) is 136 Å². The molecule has 2 aromatic heterocycles. The molecule has 3 nitrogen and oxygen atoms in total. The standard InChI is InChI=1S/C56H45BN2OS/c1-3-5-16-36-26-29-39(30-27-36)59-47-23-13-10-21-41(47)53-54-48(35-44-40-20-11-14-24-49(40)60-56(44)53)58(46-32-28-37(17-6-4-2)34-43(46)38-18-8-7-9-19-38)55-45(57(54)59)31-33-51-52(55)42-22-12-15-25-50(42)61-51/h7-15,18-35H,3-6,16-17H2,1-2H3. The van der Waals surface area contributed by atoms with E-state index in [-0.39, 0.29) is 6.85 Å². The van der Waals surface area contributed by atoms with E-state index in [0.717, 1.165) is 47.6 Å². The van der Waals surface area contributed by atoms with Crippen molar-refractivity contribution >= 4 is 99.7 Å². The summed E-state index contributed by atoms with van der Waals surface area (Å²) in [5.74, 6) is 0. The maximum absolute atomic E-state index is 7.03. The first kappa shape index (κ1) is 36.3. The predicted octanol–water partition coefficient (Wildman–Crippen LogP) is 15.0. The zero-order chi connectivity index (χ0) is 40.6. The lowest BCUT2D eigenvalue weighted by atomic mass is 9.43. The zero-order valence-corrected chi connectivity index (χ0v) is 35.4. The van der Waals surface area contributed by atoms with Crippen LogP contribution in [0.4, 0.5) is 28.4 Å². The molecule has 0 fully saturated rings. The molecule has 0 radical (unpaired) electrons. The maximum atomic E-state index is 7.03. The summed E-state index contributed by atoms with van der Waals surface area (Å²) in [5.41, 5.74) is 18.1. The van der Waals surface area contributed by atoms with Gasteiger partial charge in [-0.15, -0.1) is 11.3 Å². The molecule has 2 aliphatic rings. The Morgan fingerprint density at radius 1 is 0.557 bits per heavy atom. The molecule has 0 atom stereocenters. The van der Waals surface area contributed by atoms with Crippen LogP contribution in [0.1, 0.15) is 50.7 Å². The highest BCUT2D eigenvalue weighted by molar-refractivity contribution is 7.26. The first-order chi connectivity index (χ1) is 30.2. The number of hydrogen-bond donors (Lipinski definition) is 0. The molecular formula is C56H45BN2OS. The lowest BCUT2D eigenvalue weighted by molar-refractivity contribution is 0.670. The van der Waals surface area contributed by atoms with Gasteiger partial charge in [0, 0.05) is 64.7 Å². The molecule has 8 aromatic carbocycles. The number of fused-ring (bicyclic) bond motifs is 12. The minimum atomic E-state index is -0.127. The van der Waals surface area contributed by atoms with Crippen LogP contribution >= 0.6 is 11.3 Å².